The molecule has 1 aromatic heterocycles. The van der Waals surface area contributed by atoms with E-state index in [0.29, 0.717) is 16.1 Å². The Labute approximate surface area is 157 Å². The summed E-state index contributed by atoms with van der Waals surface area (Å²) in [6, 6.07) is 9.26. The van der Waals surface area contributed by atoms with Crippen LogP contribution < -0.4 is 5.76 Å². The van der Waals surface area contributed by atoms with Crippen LogP contribution in [0.25, 0.3) is 11.1 Å². The Morgan fingerprint density at radius 3 is 2.42 bits per heavy atom. The molecule has 6 nitrogen and oxygen atoms in total. The molecule has 0 aliphatic rings. The van der Waals surface area contributed by atoms with Gasteiger partial charge >= 0.3 is 11.7 Å². The fraction of sp³-hybridized carbons (Fsp3) is 0.167. The highest BCUT2D eigenvalue weighted by Gasteiger charge is 2.20. The number of ketones is 1. The van der Waals surface area contributed by atoms with E-state index in [4.69, 9.17) is 32.7 Å². The van der Waals surface area contributed by atoms with Crippen molar-refractivity contribution in [1.29, 1.82) is 0 Å². The Morgan fingerprint density at radius 2 is 1.77 bits per heavy atom. The number of carbonyl (C=O) groups is 2. The molecule has 0 fully saturated rings. The number of nitrogens with zero attached hydrogens (tertiary/aromatic N) is 1. The van der Waals surface area contributed by atoms with E-state index >= 15 is 0 Å². The quantitative estimate of drug-likeness (QED) is 0.639. The molecule has 0 spiro atoms. The third-order valence-corrected chi connectivity index (χ3v) is 4.33. The van der Waals surface area contributed by atoms with Crippen molar-refractivity contribution >= 4 is 46.1 Å². The first-order valence-corrected chi connectivity index (χ1v) is 8.47. The average molecular weight is 394 g/mol. The van der Waals surface area contributed by atoms with E-state index < -0.39 is 11.7 Å². The number of hydrogen-bond donors (Lipinski definition) is 1. The number of carbonyl (C=O) groups excluding carboxylic acids is 1. The van der Waals surface area contributed by atoms with E-state index in [0.717, 1.165) is 0 Å². The lowest BCUT2D eigenvalue weighted by atomic mass is 10.0. The second kappa shape index (κ2) is 7.35. The lowest BCUT2D eigenvalue weighted by Gasteiger charge is -2.05. The van der Waals surface area contributed by atoms with Crippen LogP contribution in [0.15, 0.2) is 45.6 Å². The van der Waals surface area contributed by atoms with Crippen molar-refractivity contribution in [2.24, 2.45) is 0 Å². The number of benzene rings is 2. The van der Waals surface area contributed by atoms with Crippen LogP contribution in [0.1, 0.15) is 28.8 Å². The minimum Gasteiger partial charge on any atom is -0.481 e. The molecule has 0 aliphatic carbocycles. The maximum atomic E-state index is 12.8. The Bertz CT molecular complexity index is 1050. The van der Waals surface area contributed by atoms with Crippen molar-refractivity contribution in [2.45, 2.75) is 19.4 Å². The minimum atomic E-state index is -0.956. The van der Waals surface area contributed by atoms with Gasteiger partial charge in [-0.05, 0) is 42.8 Å². The molecular weight excluding hydrogens is 381 g/mol. The van der Waals surface area contributed by atoms with Crippen molar-refractivity contribution in [2.75, 3.05) is 0 Å². The lowest BCUT2D eigenvalue weighted by molar-refractivity contribution is -0.137. The van der Waals surface area contributed by atoms with Gasteiger partial charge in [-0.15, -0.1) is 0 Å². The molecule has 3 aromatic rings. The highest BCUT2D eigenvalue weighted by molar-refractivity contribution is 6.32. The van der Waals surface area contributed by atoms with E-state index in [9.17, 15) is 14.4 Å². The number of halogens is 2. The molecule has 0 saturated carbocycles. The Morgan fingerprint density at radius 1 is 1.08 bits per heavy atom. The first kappa shape index (κ1) is 18.2. The Balaban J connectivity index is 2.06. The summed E-state index contributed by atoms with van der Waals surface area (Å²) in [4.78, 5) is 35.6. The molecule has 0 bridgehead atoms. The van der Waals surface area contributed by atoms with Crippen LogP contribution in [0, 0.1) is 0 Å². The number of carboxylic acid groups (broad SMARTS) is 1. The second-order valence-corrected chi connectivity index (χ2v) is 6.53. The van der Waals surface area contributed by atoms with Crippen LogP contribution in [-0.4, -0.2) is 21.4 Å². The molecule has 0 aliphatic heterocycles. The summed E-state index contributed by atoms with van der Waals surface area (Å²) in [6.07, 6.45) is 0.160. The molecular formula is C18H13Cl2NO5. The van der Waals surface area contributed by atoms with Gasteiger partial charge in [0.05, 0.1) is 11.1 Å². The summed E-state index contributed by atoms with van der Waals surface area (Å²) in [5.74, 6) is -1.99. The zero-order valence-corrected chi connectivity index (χ0v) is 14.9. The van der Waals surface area contributed by atoms with Gasteiger partial charge in [-0.2, -0.15) is 0 Å². The van der Waals surface area contributed by atoms with Crippen LogP contribution in [0.4, 0.5) is 0 Å². The van der Waals surface area contributed by atoms with Crippen LogP contribution in [0.5, 0.6) is 0 Å². The zero-order valence-electron chi connectivity index (χ0n) is 13.4. The first-order chi connectivity index (χ1) is 12.4. The number of hydrogen-bond acceptors (Lipinski definition) is 4. The lowest BCUT2D eigenvalue weighted by Crippen LogP contribution is -2.14. The van der Waals surface area contributed by atoms with Crippen molar-refractivity contribution < 1.29 is 19.1 Å². The molecule has 134 valence electrons. The maximum Gasteiger partial charge on any atom is 0.419 e. The summed E-state index contributed by atoms with van der Waals surface area (Å²) in [7, 11) is 0. The van der Waals surface area contributed by atoms with Gasteiger partial charge in [0.15, 0.2) is 11.4 Å². The van der Waals surface area contributed by atoms with Crippen LogP contribution in [0.3, 0.4) is 0 Å². The highest BCUT2D eigenvalue weighted by Crippen LogP contribution is 2.26. The number of rotatable bonds is 6. The van der Waals surface area contributed by atoms with Crippen molar-refractivity contribution in [3.05, 3.63) is 68.1 Å². The van der Waals surface area contributed by atoms with Crippen LogP contribution >= 0.6 is 23.2 Å². The first-order valence-electron chi connectivity index (χ1n) is 7.72. The van der Waals surface area contributed by atoms with Gasteiger partial charge in [0.2, 0.25) is 0 Å². The third-order valence-electron chi connectivity index (χ3n) is 3.86. The maximum absolute atomic E-state index is 12.8. The SMILES string of the molecule is O=C(O)CCCn1c(=O)oc2c(C(=O)c3ccc(Cl)cc3)cc(Cl)cc21. The monoisotopic (exact) mass is 393 g/mol. The topological polar surface area (TPSA) is 89.5 Å². The fourth-order valence-electron chi connectivity index (χ4n) is 2.65. The van der Waals surface area contributed by atoms with Crippen LogP contribution in [-0.2, 0) is 11.3 Å². The molecule has 8 heteroatoms. The normalized spacial score (nSPS) is 11.0. The van der Waals surface area contributed by atoms with Crippen molar-refractivity contribution in [1.82, 2.24) is 4.57 Å². The molecule has 26 heavy (non-hydrogen) atoms. The van der Waals surface area contributed by atoms with Gasteiger partial charge < -0.3 is 9.52 Å². The van der Waals surface area contributed by atoms with Crippen molar-refractivity contribution in [3.8, 4) is 0 Å². The van der Waals surface area contributed by atoms with Gasteiger partial charge in [0.1, 0.15) is 0 Å². The van der Waals surface area contributed by atoms with E-state index in [2.05, 4.69) is 0 Å². The van der Waals surface area contributed by atoms with E-state index in [1.165, 1.54) is 16.7 Å². The average Bonchev–Trinajstić information content (AvgIpc) is 2.90. The Hall–Kier alpha value is -2.57. The third kappa shape index (κ3) is 3.66. The second-order valence-electron chi connectivity index (χ2n) is 5.65. The molecule has 1 heterocycles. The predicted molar refractivity (Wildman–Crippen MR) is 97.2 cm³/mol. The van der Waals surface area contributed by atoms with Gasteiger partial charge in [0, 0.05) is 28.6 Å². The molecule has 0 radical (unpaired) electrons. The molecule has 3 rings (SSSR count). The largest absolute Gasteiger partial charge is 0.481 e. The predicted octanol–water partition coefficient (Wildman–Crippen LogP) is 4.00. The smallest absolute Gasteiger partial charge is 0.419 e. The summed E-state index contributed by atoms with van der Waals surface area (Å²) in [5.41, 5.74) is 1.00. The fourth-order valence-corrected chi connectivity index (χ4v) is 2.99. The molecule has 0 unspecified atom stereocenters. The number of aliphatic carboxylic acids is 1. The molecule has 0 amide bonds. The number of aromatic nitrogens is 1. The van der Waals surface area contributed by atoms with Crippen molar-refractivity contribution in [3.63, 3.8) is 0 Å². The van der Waals surface area contributed by atoms with E-state index in [1.54, 1.807) is 24.3 Å². The number of carboxylic acids is 1. The number of oxazole rings is 1. The molecule has 1 N–H and O–H groups in total. The standard InChI is InChI=1S/C18H13Cl2NO5/c19-11-5-3-10(4-6-11)16(24)13-8-12(20)9-14-17(13)26-18(25)21(14)7-1-2-15(22)23/h3-6,8-9H,1-2,7H2,(H,22,23). The summed E-state index contributed by atoms with van der Waals surface area (Å²) in [6.45, 7) is 0.146. The number of aryl methyl sites for hydroxylation is 1. The van der Waals surface area contributed by atoms with E-state index in [-0.39, 0.29) is 41.3 Å². The van der Waals surface area contributed by atoms with Gasteiger partial charge in [0.25, 0.3) is 0 Å². The highest BCUT2D eigenvalue weighted by atomic mass is 35.5. The van der Waals surface area contributed by atoms with Gasteiger partial charge in [-0.1, -0.05) is 23.2 Å². The summed E-state index contributed by atoms with van der Waals surface area (Å²) < 4.78 is 6.54. The molecule has 2 aromatic carbocycles. The zero-order chi connectivity index (χ0) is 18.8. The minimum absolute atomic E-state index is 0.0871. The summed E-state index contributed by atoms with van der Waals surface area (Å²) >= 11 is 12.0. The van der Waals surface area contributed by atoms with Gasteiger partial charge in [-0.25, -0.2) is 4.79 Å². The molecule has 0 atom stereocenters. The Kier molecular flexibility index (Phi) is 5.15. The number of fused-ring (bicyclic) bond motifs is 1. The van der Waals surface area contributed by atoms with Gasteiger partial charge in [-0.3, -0.25) is 14.2 Å². The molecule has 0 saturated heterocycles. The van der Waals surface area contributed by atoms with Crippen LogP contribution in [0.2, 0.25) is 10.0 Å². The summed E-state index contributed by atoms with van der Waals surface area (Å²) in [5, 5.41) is 9.51. The van der Waals surface area contributed by atoms with E-state index in [1.807, 2.05) is 0 Å².